The van der Waals surface area contributed by atoms with Crippen molar-refractivity contribution < 1.29 is 13.2 Å². The Kier molecular flexibility index (Phi) is 6.19. The molecule has 3 aromatic rings. The number of carbonyl (C=O) groups excluding carboxylic acids is 1. The van der Waals surface area contributed by atoms with E-state index in [1.54, 1.807) is 24.3 Å². The lowest BCUT2D eigenvalue weighted by Gasteiger charge is -2.35. The third kappa shape index (κ3) is 4.53. The molecule has 6 nitrogen and oxygen atoms in total. The standard InChI is InChI=1S/C26H29N3O3S/c30-26(22-10-12-24(13-11-22)33(31,32)29-14-3-4-15-29)28-18-16-27(17-19-28)20-23-8-5-7-21-6-1-2-9-25(21)23/h1-2,5-13H,3-4,14-20H2. The Morgan fingerprint density at radius 1 is 0.758 bits per heavy atom. The van der Waals surface area contributed by atoms with Gasteiger partial charge in [0, 0.05) is 51.4 Å². The molecule has 33 heavy (non-hydrogen) atoms. The van der Waals surface area contributed by atoms with E-state index in [0.717, 1.165) is 32.5 Å². The Labute approximate surface area is 195 Å². The fourth-order valence-corrected chi connectivity index (χ4v) is 6.33. The highest BCUT2D eigenvalue weighted by Crippen LogP contribution is 2.23. The molecule has 0 spiro atoms. The van der Waals surface area contributed by atoms with Crippen LogP contribution < -0.4 is 0 Å². The highest BCUT2D eigenvalue weighted by Gasteiger charge is 2.28. The molecular formula is C26H29N3O3S. The Morgan fingerprint density at radius 2 is 1.42 bits per heavy atom. The van der Waals surface area contributed by atoms with Crippen LogP contribution in [0.3, 0.4) is 0 Å². The lowest BCUT2D eigenvalue weighted by atomic mass is 10.0. The van der Waals surface area contributed by atoms with Gasteiger partial charge in [0.1, 0.15) is 0 Å². The Balaban J connectivity index is 1.21. The Bertz CT molecular complexity index is 1240. The van der Waals surface area contributed by atoms with Gasteiger partial charge in [-0.25, -0.2) is 8.42 Å². The first-order valence-electron chi connectivity index (χ1n) is 11.6. The summed E-state index contributed by atoms with van der Waals surface area (Å²) in [6, 6.07) is 21.3. The Hall–Kier alpha value is -2.74. The summed E-state index contributed by atoms with van der Waals surface area (Å²) in [5.41, 5.74) is 1.85. The van der Waals surface area contributed by atoms with Gasteiger partial charge in [0.05, 0.1) is 4.90 Å². The van der Waals surface area contributed by atoms with Crippen molar-refractivity contribution in [1.29, 1.82) is 0 Å². The second-order valence-corrected chi connectivity index (χ2v) is 10.8. The number of sulfonamides is 1. The average Bonchev–Trinajstić information content (AvgIpc) is 3.41. The third-order valence-electron chi connectivity index (χ3n) is 6.74. The van der Waals surface area contributed by atoms with Crippen molar-refractivity contribution in [3.8, 4) is 0 Å². The van der Waals surface area contributed by atoms with Crippen LogP contribution in [0, 0.1) is 0 Å². The maximum absolute atomic E-state index is 13.0. The van der Waals surface area contributed by atoms with Crippen LogP contribution in [0.15, 0.2) is 71.6 Å². The van der Waals surface area contributed by atoms with Gasteiger partial charge in [-0.05, 0) is 53.4 Å². The molecule has 2 aliphatic rings. The first kappa shape index (κ1) is 22.1. The predicted molar refractivity (Wildman–Crippen MR) is 130 cm³/mol. The molecule has 2 saturated heterocycles. The first-order valence-corrected chi connectivity index (χ1v) is 13.0. The van der Waals surface area contributed by atoms with Crippen molar-refractivity contribution in [2.75, 3.05) is 39.3 Å². The molecule has 172 valence electrons. The van der Waals surface area contributed by atoms with Crippen molar-refractivity contribution in [3.63, 3.8) is 0 Å². The smallest absolute Gasteiger partial charge is 0.253 e. The molecule has 2 aliphatic heterocycles. The maximum atomic E-state index is 13.0. The summed E-state index contributed by atoms with van der Waals surface area (Å²) in [7, 11) is -3.46. The highest BCUT2D eigenvalue weighted by atomic mass is 32.2. The van der Waals surface area contributed by atoms with Crippen LogP contribution in [0.25, 0.3) is 10.8 Å². The molecule has 2 fully saturated rings. The van der Waals surface area contributed by atoms with E-state index >= 15 is 0 Å². The van der Waals surface area contributed by atoms with E-state index in [-0.39, 0.29) is 10.8 Å². The minimum Gasteiger partial charge on any atom is -0.336 e. The molecular weight excluding hydrogens is 434 g/mol. The van der Waals surface area contributed by atoms with E-state index in [2.05, 4.69) is 47.4 Å². The molecule has 0 radical (unpaired) electrons. The lowest BCUT2D eigenvalue weighted by molar-refractivity contribution is 0.0629. The minimum absolute atomic E-state index is 0.0371. The largest absolute Gasteiger partial charge is 0.336 e. The summed E-state index contributed by atoms with van der Waals surface area (Å²) in [6.07, 6.45) is 1.81. The van der Waals surface area contributed by atoms with Gasteiger partial charge in [-0.3, -0.25) is 9.69 Å². The highest BCUT2D eigenvalue weighted by molar-refractivity contribution is 7.89. The van der Waals surface area contributed by atoms with Crippen LogP contribution in [0.5, 0.6) is 0 Å². The fourth-order valence-electron chi connectivity index (χ4n) is 4.81. The average molecular weight is 464 g/mol. The van der Waals surface area contributed by atoms with E-state index in [4.69, 9.17) is 0 Å². The van der Waals surface area contributed by atoms with Gasteiger partial charge in [0.25, 0.3) is 5.91 Å². The van der Waals surface area contributed by atoms with E-state index in [1.165, 1.54) is 20.6 Å². The number of fused-ring (bicyclic) bond motifs is 1. The zero-order valence-corrected chi connectivity index (χ0v) is 19.5. The summed E-state index contributed by atoms with van der Waals surface area (Å²) >= 11 is 0. The number of amides is 1. The first-order chi connectivity index (χ1) is 16.0. The summed E-state index contributed by atoms with van der Waals surface area (Å²) in [5, 5.41) is 2.53. The number of rotatable bonds is 5. The van der Waals surface area contributed by atoms with Crippen molar-refractivity contribution >= 4 is 26.7 Å². The summed E-state index contributed by atoms with van der Waals surface area (Å²) < 4.78 is 26.9. The number of carbonyl (C=O) groups is 1. The molecule has 0 bridgehead atoms. The second kappa shape index (κ2) is 9.25. The molecule has 0 aliphatic carbocycles. The van der Waals surface area contributed by atoms with E-state index in [0.29, 0.717) is 31.7 Å². The molecule has 7 heteroatoms. The van der Waals surface area contributed by atoms with Crippen molar-refractivity contribution in [2.45, 2.75) is 24.3 Å². The molecule has 0 atom stereocenters. The maximum Gasteiger partial charge on any atom is 0.253 e. The van der Waals surface area contributed by atoms with E-state index < -0.39 is 10.0 Å². The zero-order valence-electron chi connectivity index (χ0n) is 18.7. The molecule has 5 rings (SSSR count). The van der Waals surface area contributed by atoms with Crippen LogP contribution in [0.1, 0.15) is 28.8 Å². The molecule has 0 aromatic heterocycles. The number of hydrogen-bond acceptors (Lipinski definition) is 4. The van der Waals surface area contributed by atoms with Crippen LogP contribution >= 0.6 is 0 Å². The van der Waals surface area contributed by atoms with Gasteiger partial charge in [-0.1, -0.05) is 42.5 Å². The van der Waals surface area contributed by atoms with Gasteiger partial charge in [-0.2, -0.15) is 4.31 Å². The van der Waals surface area contributed by atoms with Gasteiger partial charge < -0.3 is 4.90 Å². The zero-order chi connectivity index (χ0) is 22.8. The summed E-state index contributed by atoms with van der Waals surface area (Å²) in [6.45, 7) is 4.98. The van der Waals surface area contributed by atoms with E-state index in [9.17, 15) is 13.2 Å². The summed E-state index contributed by atoms with van der Waals surface area (Å²) in [4.78, 5) is 17.5. The van der Waals surface area contributed by atoms with Gasteiger partial charge in [0.15, 0.2) is 0 Å². The number of piperazine rings is 1. The molecule has 3 aromatic carbocycles. The Morgan fingerprint density at radius 3 is 2.15 bits per heavy atom. The monoisotopic (exact) mass is 463 g/mol. The van der Waals surface area contributed by atoms with Crippen molar-refractivity contribution in [2.24, 2.45) is 0 Å². The van der Waals surface area contributed by atoms with Crippen LogP contribution in [-0.2, 0) is 16.6 Å². The van der Waals surface area contributed by atoms with Gasteiger partial charge in [0.2, 0.25) is 10.0 Å². The van der Waals surface area contributed by atoms with Crippen LogP contribution in [0.2, 0.25) is 0 Å². The molecule has 1 amide bonds. The lowest BCUT2D eigenvalue weighted by Crippen LogP contribution is -2.48. The molecule has 0 saturated carbocycles. The molecule has 2 heterocycles. The number of nitrogens with zero attached hydrogens (tertiary/aromatic N) is 3. The quantitative estimate of drug-likeness (QED) is 0.580. The minimum atomic E-state index is -3.46. The number of benzene rings is 3. The summed E-state index contributed by atoms with van der Waals surface area (Å²) in [5.74, 6) is -0.0371. The topological polar surface area (TPSA) is 60.9 Å². The van der Waals surface area contributed by atoms with Gasteiger partial charge in [-0.15, -0.1) is 0 Å². The fraction of sp³-hybridized carbons (Fsp3) is 0.346. The molecule has 0 unspecified atom stereocenters. The van der Waals surface area contributed by atoms with Gasteiger partial charge >= 0.3 is 0 Å². The normalized spacial score (nSPS) is 18.1. The predicted octanol–water partition coefficient (Wildman–Crippen LogP) is 3.58. The van der Waals surface area contributed by atoms with Crippen molar-refractivity contribution in [1.82, 2.24) is 14.1 Å². The van der Waals surface area contributed by atoms with E-state index in [1.807, 2.05) is 4.90 Å². The van der Waals surface area contributed by atoms with Crippen LogP contribution in [-0.4, -0.2) is 67.7 Å². The molecule has 0 N–H and O–H groups in total. The van der Waals surface area contributed by atoms with Crippen molar-refractivity contribution in [3.05, 3.63) is 77.9 Å². The SMILES string of the molecule is O=C(c1ccc(S(=O)(=O)N2CCCC2)cc1)N1CCN(Cc2cccc3ccccc23)CC1. The van der Waals surface area contributed by atoms with Crippen LogP contribution in [0.4, 0.5) is 0 Å². The third-order valence-corrected chi connectivity index (χ3v) is 8.65. The second-order valence-electron chi connectivity index (χ2n) is 8.84. The number of hydrogen-bond donors (Lipinski definition) is 0.